The molecule has 0 bridgehead atoms. The van der Waals surface area contributed by atoms with E-state index in [4.69, 9.17) is 0 Å². The van der Waals surface area contributed by atoms with E-state index in [2.05, 4.69) is 20.5 Å². The van der Waals surface area contributed by atoms with Crippen LogP contribution in [0, 0.1) is 6.92 Å². The Morgan fingerprint density at radius 2 is 2.04 bits per heavy atom. The number of nitrogens with one attached hydrogen (secondary N) is 2. The minimum absolute atomic E-state index is 0.220. The van der Waals surface area contributed by atoms with Crippen LogP contribution in [0.4, 0.5) is 5.13 Å². The van der Waals surface area contributed by atoms with E-state index in [1.54, 1.807) is 0 Å². The third-order valence-electron chi connectivity index (χ3n) is 3.53. The van der Waals surface area contributed by atoms with Crippen LogP contribution in [0.1, 0.15) is 16.1 Å². The fraction of sp³-hybridized carbons (Fsp3) is 0.188. The summed E-state index contributed by atoms with van der Waals surface area (Å²) in [4.78, 5) is 36.7. The first-order valence-corrected chi connectivity index (χ1v) is 8.29. The van der Waals surface area contributed by atoms with Crippen LogP contribution in [0.25, 0.3) is 0 Å². The highest BCUT2D eigenvalue weighted by Gasteiger charge is 2.11. The second-order valence-corrected chi connectivity index (χ2v) is 6.45. The van der Waals surface area contributed by atoms with Gasteiger partial charge in [-0.3, -0.25) is 24.5 Å². The number of anilines is 1. The first-order valence-electron chi connectivity index (χ1n) is 7.48. The normalized spacial score (nSPS) is 10.6. The Labute approximate surface area is 146 Å². The van der Waals surface area contributed by atoms with Crippen molar-refractivity contribution in [3.8, 4) is 0 Å². The molecule has 2 N–H and O–H groups in total. The SMILES string of the molecule is Cc1ccccc1Cc1nnc(NC(=O)Cn2ccc(=O)[nH]c2=O)s1. The largest absolute Gasteiger partial charge is 0.328 e. The number of rotatable bonds is 5. The predicted molar refractivity (Wildman–Crippen MR) is 93.8 cm³/mol. The van der Waals surface area contributed by atoms with E-state index in [0.717, 1.165) is 15.1 Å². The molecular formula is C16H15N5O3S. The molecule has 0 saturated carbocycles. The Morgan fingerprint density at radius 3 is 2.80 bits per heavy atom. The Hall–Kier alpha value is -3.07. The highest BCUT2D eigenvalue weighted by atomic mass is 32.1. The van der Waals surface area contributed by atoms with Gasteiger partial charge in [0.05, 0.1) is 0 Å². The monoisotopic (exact) mass is 357 g/mol. The average molecular weight is 357 g/mol. The minimum Gasteiger partial charge on any atom is -0.299 e. The van der Waals surface area contributed by atoms with Gasteiger partial charge in [0.25, 0.3) is 5.56 Å². The predicted octanol–water partition coefficient (Wildman–Crippen LogP) is 0.926. The first kappa shape index (κ1) is 16.8. The summed E-state index contributed by atoms with van der Waals surface area (Å²) >= 11 is 1.28. The molecule has 2 heterocycles. The van der Waals surface area contributed by atoms with E-state index in [1.165, 1.54) is 29.2 Å². The molecule has 1 aromatic carbocycles. The number of hydrogen-bond donors (Lipinski definition) is 2. The van der Waals surface area contributed by atoms with Gasteiger partial charge in [0.1, 0.15) is 11.6 Å². The molecule has 0 atom stereocenters. The minimum atomic E-state index is -0.639. The van der Waals surface area contributed by atoms with Crippen molar-refractivity contribution in [3.05, 3.63) is 73.5 Å². The van der Waals surface area contributed by atoms with Crippen molar-refractivity contribution in [3.63, 3.8) is 0 Å². The summed E-state index contributed by atoms with van der Waals surface area (Å²) < 4.78 is 1.10. The molecule has 0 aliphatic rings. The van der Waals surface area contributed by atoms with Crippen molar-refractivity contribution >= 4 is 22.4 Å². The molecule has 25 heavy (non-hydrogen) atoms. The number of benzene rings is 1. The molecule has 8 nitrogen and oxygen atoms in total. The topological polar surface area (TPSA) is 110 Å². The third kappa shape index (κ3) is 4.27. The van der Waals surface area contributed by atoms with Crippen molar-refractivity contribution in [2.24, 2.45) is 0 Å². The summed E-state index contributed by atoms with van der Waals surface area (Å²) in [5.41, 5.74) is 1.17. The van der Waals surface area contributed by atoms with Gasteiger partial charge in [0, 0.05) is 18.7 Å². The third-order valence-corrected chi connectivity index (χ3v) is 4.37. The smallest absolute Gasteiger partial charge is 0.299 e. The molecule has 9 heteroatoms. The van der Waals surface area contributed by atoms with E-state index >= 15 is 0 Å². The van der Waals surface area contributed by atoms with Crippen LogP contribution in [-0.2, 0) is 17.8 Å². The molecule has 2 aromatic heterocycles. The Morgan fingerprint density at radius 1 is 1.24 bits per heavy atom. The molecule has 0 spiro atoms. The molecule has 0 radical (unpaired) electrons. The van der Waals surface area contributed by atoms with Gasteiger partial charge in [0.2, 0.25) is 11.0 Å². The fourth-order valence-electron chi connectivity index (χ4n) is 2.23. The fourth-order valence-corrected chi connectivity index (χ4v) is 3.01. The van der Waals surface area contributed by atoms with Crippen LogP contribution < -0.4 is 16.6 Å². The number of aryl methyl sites for hydroxylation is 1. The van der Waals surface area contributed by atoms with Crippen LogP contribution in [-0.4, -0.2) is 25.7 Å². The molecular weight excluding hydrogens is 342 g/mol. The van der Waals surface area contributed by atoms with Gasteiger partial charge >= 0.3 is 5.69 Å². The Bertz CT molecular complexity index is 1020. The van der Waals surface area contributed by atoms with E-state index in [0.29, 0.717) is 11.6 Å². The highest BCUT2D eigenvalue weighted by Crippen LogP contribution is 2.20. The van der Waals surface area contributed by atoms with E-state index < -0.39 is 17.2 Å². The van der Waals surface area contributed by atoms with Crippen LogP contribution in [0.2, 0.25) is 0 Å². The second kappa shape index (κ2) is 7.22. The summed E-state index contributed by atoms with van der Waals surface area (Å²) in [6.07, 6.45) is 1.91. The summed E-state index contributed by atoms with van der Waals surface area (Å²) in [5.74, 6) is -0.423. The molecule has 0 saturated heterocycles. The maximum atomic E-state index is 12.0. The van der Waals surface area contributed by atoms with Crippen LogP contribution in [0.5, 0.6) is 0 Å². The number of carbonyl (C=O) groups excluding carboxylic acids is 1. The molecule has 3 rings (SSSR count). The van der Waals surface area contributed by atoms with E-state index in [9.17, 15) is 14.4 Å². The molecule has 0 aliphatic carbocycles. The van der Waals surface area contributed by atoms with Crippen molar-refractivity contribution < 1.29 is 4.79 Å². The number of H-pyrrole nitrogens is 1. The molecule has 128 valence electrons. The number of aromatic amines is 1. The zero-order chi connectivity index (χ0) is 17.8. The van der Waals surface area contributed by atoms with Crippen LogP contribution >= 0.6 is 11.3 Å². The molecule has 0 aliphatic heterocycles. The van der Waals surface area contributed by atoms with Gasteiger partial charge in [-0.15, -0.1) is 10.2 Å². The van der Waals surface area contributed by atoms with Gasteiger partial charge in [-0.05, 0) is 18.1 Å². The lowest BCUT2D eigenvalue weighted by atomic mass is 10.1. The maximum absolute atomic E-state index is 12.0. The zero-order valence-electron chi connectivity index (χ0n) is 13.4. The molecule has 0 unspecified atom stereocenters. The summed E-state index contributed by atoms with van der Waals surface area (Å²) in [6.45, 7) is 1.81. The molecule has 1 amide bonds. The number of amides is 1. The average Bonchev–Trinajstić information content (AvgIpc) is 2.99. The lowest BCUT2D eigenvalue weighted by molar-refractivity contribution is -0.116. The first-order chi connectivity index (χ1) is 12.0. The summed E-state index contributed by atoms with van der Waals surface area (Å²) in [5, 5.41) is 11.8. The second-order valence-electron chi connectivity index (χ2n) is 5.39. The van der Waals surface area contributed by atoms with Crippen molar-refractivity contribution in [2.45, 2.75) is 19.9 Å². The zero-order valence-corrected chi connectivity index (χ0v) is 14.2. The van der Waals surface area contributed by atoms with E-state index in [1.807, 2.05) is 31.2 Å². The number of aromatic nitrogens is 4. The lowest BCUT2D eigenvalue weighted by Crippen LogP contribution is -2.32. The van der Waals surface area contributed by atoms with Gasteiger partial charge in [-0.2, -0.15) is 0 Å². The van der Waals surface area contributed by atoms with Gasteiger partial charge in [-0.1, -0.05) is 35.6 Å². The maximum Gasteiger partial charge on any atom is 0.328 e. The van der Waals surface area contributed by atoms with Crippen molar-refractivity contribution in [1.29, 1.82) is 0 Å². The van der Waals surface area contributed by atoms with Gasteiger partial charge in [0.15, 0.2) is 0 Å². The lowest BCUT2D eigenvalue weighted by Gasteiger charge is -2.03. The van der Waals surface area contributed by atoms with Gasteiger partial charge < -0.3 is 0 Å². The number of carbonyl (C=O) groups is 1. The quantitative estimate of drug-likeness (QED) is 0.706. The van der Waals surface area contributed by atoms with Crippen LogP contribution in [0.3, 0.4) is 0 Å². The van der Waals surface area contributed by atoms with Crippen molar-refractivity contribution in [2.75, 3.05) is 5.32 Å². The standard InChI is InChI=1S/C16H15N5O3S/c1-10-4-2-3-5-11(10)8-14-19-20-15(25-14)17-13(23)9-21-7-6-12(22)18-16(21)24/h2-7H,8-9H2,1H3,(H,17,20,23)(H,18,22,24). The number of nitrogens with zero attached hydrogens (tertiary/aromatic N) is 3. The van der Waals surface area contributed by atoms with Crippen LogP contribution in [0.15, 0.2) is 46.1 Å². The summed E-state index contributed by atoms with van der Waals surface area (Å²) in [7, 11) is 0. The highest BCUT2D eigenvalue weighted by molar-refractivity contribution is 7.15. The summed E-state index contributed by atoms with van der Waals surface area (Å²) in [6, 6.07) is 9.18. The van der Waals surface area contributed by atoms with Gasteiger partial charge in [-0.25, -0.2) is 4.79 Å². The van der Waals surface area contributed by atoms with E-state index in [-0.39, 0.29) is 6.54 Å². The molecule has 3 aromatic rings. The Kier molecular flexibility index (Phi) is 4.85. The number of hydrogen-bond acceptors (Lipinski definition) is 6. The Balaban J connectivity index is 1.65. The molecule has 0 fully saturated rings. The van der Waals surface area contributed by atoms with Crippen molar-refractivity contribution in [1.82, 2.24) is 19.7 Å².